The van der Waals surface area contributed by atoms with Crippen LogP contribution in [0.1, 0.15) is 38.1 Å². The van der Waals surface area contributed by atoms with Gasteiger partial charge >= 0.3 is 0 Å². The van der Waals surface area contributed by atoms with Gasteiger partial charge in [-0.05, 0) is 44.0 Å². The number of amides is 1. The Kier molecular flexibility index (Phi) is 7.46. The molecule has 1 atom stereocenters. The Morgan fingerprint density at radius 2 is 1.76 bits per heavy atom. The first kappa shape index (κ1) is 19.9. The Bertz CT molecular complexity index is 729. The Morgan fingerprint density at radius 3 is 2.36 bits per heavy atom. The Hall–Kier alpha value is -1.38. The van der Waals surface area contributed by atoms with Gasteiger partial charge in [0.1, 0.15) is 0 Å². The number of ketones is 1. The quantitative estimate of drug-likeness (QED) is 0.520. The molecule has 5 nitrogen and oxygen atoms in total. The van der Waals surface area contributed by atoms with Crippen molar-refractivity contribution in [3.8, 4) is 0 Å². The number of nitrogens with one attached hydrogen (secondary N) is 1. The van der Waals surface area contributed by atoms with E-state index in [-0.39, 0.29) is 16.9 Å². The molecule has 0 aliphatic heterocycles. The van der Waals surface area contributed by atoms with Gasteiger partial charge in [-0.15, -0.1) is 10.2 Å². The zero-order valence-corrected chi connectivity index (χ0v) is 17.1. The minimum absolute atomic E-state index is 0.00390. The van der Waals surface area contributed by atoms with Crippen LogP contribution in [0.3, 0.4) is 0 Å². The van der Waals surface area contributed by atoms with Crippen LogP contribution in [-0.4, -0.2) is 32.9 Å². The van der Waals surface area contributed by atoms with Crippen LogP contribution in [0, 0.1) is 5.92 Å². The third kappa shape index (κ3) is 6.45. The summed E-state index contributed by atoms with van der Waals surface area (Å²) in [5.74, 6) is 1.51. The van der Waals surface area contributed by atoms with Crippen molar-refractivity contribution in [2.45, 2.75) is 41.6 Å². The molecule has 2 rings (SSSR count). The average molecular weight is 396 g/mol. The first-order valence-corrected chi connectivity index (χ1v) is 10.6. The highest BCUT2D eigenvalue weighted by molar-refractivity contribution is 8.03. The van der Waals surface area contributed by atoms with E-state index in [1.807, 2.05) is 6.92 Å². The molecule has 0 aliphatic carbocycles. The van der Waals surface area contributed by atoms with E-state index in [0.29, 0.717) is 17.2 Å². The fourth-order valence-corrected chi connectivity index (χ4v) is 4.92. The lowest BCUT2D eigenvalue weighted by molar-refractivity contribution is -0.115. The number of benzene rings is 1. The molecule has 1 heterocycles. The molecule has 0 saturated carbocycles. The van der Waals surface area contributed by atoms with Crippen LogP contribution >= 0.6 is 34.9 Å². The number of hydrogen-bond donors (Lipinski definition) is 1. The second kappa shape index (κ2) is 9.35. The lowest BCUT2D eigenvalue weighted by atomic mass is 10.1. The smallest absolute Gasteiger partial charge is 0.237 e. The molecular weight excluding hydrogens is 374 g/mol. The standard InChI is InChI=1S/C17H21N3O2S3/c1-10(2)9-23-16-19-20-17(25-16)24-12(4)15(22)18-14-7-5-13(6-8-14)11(3)21/h5-8,10,12H,9H2,1-4H3,(H,18,22)/t12-/m0/s1. The summed E-state index contributed by atoms with van der Waals surface area (Å²) in [6.45, 7) is 7.69. The normalized spacial score (nSPS) is 12.2. The summed E-state index contributed by atoms with van der Waals surface area (Å²) in [7, 11) is 0. The van der Waals surface area contributed by atoms with Crippen molar-refractivity contribution >= 4 is 52.2 Å². The van der Waals surface area contributed by atoms with E-state index in [9.17, 15) is 9.59 Å². The maximum atomic E-state index is 12.3. The van der Waals surface area contributed by atoms with E-state index >= 15 is 0 Å². The molecule has 0 spiro atoms. The van der Waals surface area contributed by atoms with E-state index in [1.54, 1.807) is 36.0 Å². The van der Waals surface area contributed by atoms with Crippen molar-refractivity contribution in [1.29, 1.82) is 0 Å². The van der Waals surface area contributed by atoms with E-state index in [4.69, 9.17) is 0 Å². The number of thioether (sulfide) groups is 2. The van der Waals surface area contributed by atoms with Gasteiger partial charge in [0.2, 0.25) is 5.91 Å². The molecular formula is C17H21N3O2S3. The molecule has 1 N–H and O–H groups in total. The molecule has 1 aromatic carbocycles. The fraction of sp³-hybridized carbons (Fsp3) is 0.412. The van der Waals surface area contributed by atoms with E-state index in [2.05, 4.69) is 29.4 Å². The zero-order chi connectivity index (χ0) is 18.4. The maximum absolute atomic E-state index is 12.3. The highest BCUT2D eigenvalue weighted by atomic mass is 32.2. The minimum atomic E-state index is -0.289. The molecule has 25 heavy (non-hydrogen) atoms. The molecule has 1 amide bonds. The Labute approximate surface area is 160 Å². The van der Waals surface area contributed by atoms with Crippen LogP contribution in [0.4, 0.5) is 5.69 Å². The molecule has 8 heteroatoms. The average Bonchev–Trinajstić information content (AvgIpc) is 3.00. The molecule has 0 bridgehead atoms. The van der Waals surface area contributed by atoms with Crippen LogP contribution < -0.4 is 5.32 Å². The van der Waals surface area contributed by atoms with Gasteiger partial charge in [0.15, 0.2) is 14.5 Å². The molecule has 134 valence electrons. The Balaban J connectivity index is 1.88. The second-order valence-corrected chi connectivity index (χ2v) is 9.75. The third-order valence-electron chi connectivity index (χ3n) is 3.13. The predicted octanol–water partition coefficient (Wildman–Crippen LogP) is 4.61. The van der Waals surface area contributed by atoms with Gasteiger partial charge in [0, 0.05) is 17.0 Å². The summed E-state index contributed by atoms with van der Waals surface area (Å²) in [5.41, 5.74) is 1.30. The van der Waals surface area contributed by atoms with Crippen molar-refractivity contribution in [3.63, 3.8) is 0 Å². The van der Waals surface area contributed by atoms with Crippen molar-refractivity contribution in [3.05, 3.63) is 29.8 Å². The number of rotatable bonds is 8. The summed E-state index contributed by atoms with van der Waals surface area (Å²) in [6, 6.07) is 6.88. The van der Waals surface area contributed by atoms with E-state index < -0.39 is 0 Å². The predicted molar refractivity (Wildman–Crippen MR) is 106 cm³/mol. The van der Waals surface area contributed by atoms with Crippen molar-refractivity contribution < 1.29 is 9.59 Å². The van der Waals surface area contributed by atoms with Gasteiger partial charge in [0.25, 0.3) is 0 Å². The summed E-state index contributed by atoms with van der Waals surface area (Å²) in [6.07, 6.45) is 0. The van der Waals surface area contributed by atoms with Gasteiger partial charge in [-0.2, -0.15) is 0 Å². The van der Waals surface area contributed by atoms with Gasteiger partial charge < -0.3 is 5.32 Å². The molecule has 0 fully saturated rings. The number of nitrogens with zero attached hydrogens (tertiary/aromatic N) is 2. The largest absolute Gasteiger partial charge is 0.325 e. The number of aromatic nitrogens is 2. The molecule has 0 aliphatic rings. The lowest BCUT2D eigenvalue weighted by Gasteiger charge is -2.10. The van der Waals surface area contributed by atoms with Crippen LogP contribution in [0.15, 0.2) is 32.9 Å². The van der Waals surface area contributed by atoms with Gasteiger partial charge in [-0.3, -0.25) is 9.59 Å². The van der Waals surface area contributed by atoms with Crippen molar-refractivity contribution in [2.75, 3.05) is 11.1 Å². The van der Waals surface area contributed by atoms with Crippen LogP contribution in [0.2, 0.25) is 0 Å². The minimum Gasteiger partial charge on any atom is -0.325 e. The monoisotopic (exact) mass is 395 g/mol. The maximum Gasteiger partial charge on any atom is 0.237 e. The molecule has 2 aromatic rings. The molecule has 0 saturated heterocycles. The number of Topliss-reactive ketones (excluding diaryl/α,β-unsaturated/α-hetero) is 1. The topological polar surface area (TPSA) is 72.0 Å². The highest BCUT2D eigenvalue weighted by Gasteiger charge is 2.17. The summed E-state index contributed by atoms with van der Waals surface area (Å²) >= 11 is 4.61. The molecule has 1 aromatic heterocycles. The molecule has 0 radical (unpaired) electrons. The first-order chi connectivity index (χ1) is 11.8. The van der Waals surface area contributed by atoms with Crippen molar-refractivity contribution in [2.24, 2.45) is 5.92 Å². The second-order valence-electron chi connectivity index (χ2n) is 5.92. The Morgan fingerprint density at radius 1 is 1.12 bits per heavy atom. The number of anilines is 1. The SMILES string of the molecule is CC(=O)c1ccc(NC(=O)[C@H](C)Sc2nnc(SCC(C)C)s2)cc1. The lowest BCUT2D eigenvalue weighted by Crippen LogP contribution is -2.22. The third-order valence-corrected chi connectivity index (χ3v) is 6.80. The first-order valence-electron chi connectivity index (χ1n) is 7.90. The highest BCUT2D eigenvalue weighted by Crippen LogP contribution is 2.32. The van der Waals surface area contributed by atoms with Gasteiger partial charge in [0.05, 0.1) is 5.25 Å². The zero-order valence-electron chi connectivity index (χ0n) is 14.6. The van der Waals surface area contributed by atoms with Crippen LogP contribution in [0.25, 0.3) is 0 Å². The molecule has 0 unspecified atom stereocenters. The van der Waals surface area contributed by atoms with Gasteiger partial charge in [-0.1, -0.05) is 48.7 Å². The van der Waals surface area contributed by atoms with Crippen LogP contribution in [0.5, 0.6) is 0 Å². The summed E-state index contributed by atoms with van der Waals surface area (Å²) < 4.78 is 1.73. The summed E-state index contributed by atoms with van der Waals surface area (Å²) in [5, 5.41) is 10.9. The van der Waals surface area contributed by atoms with Gasteiger partial charge in [-0.25, -0.2) is 0 Å². The van der Waals surface area contributed by atoms with Crippen molar-refractivity contribution in [1.82, 2.24) is 10.2 Å². The van der Waals surface area contributed by atoms with Crippen LogP contribution in [-0.2, 0) is 4.79 Å². The number of carbonyl (C=O) groups is 2. The van der Waals surface area contributed by atoms with E-state index in [1.165, 1.54) is 30.0 Å². The number of carbonyl (C=O) groups excluding carboxylic acids is 2. The van der Waals surface area contributed by atoms with E-state index in [0.717, 1.165) is 14.4 Å². The summed E-state index contributed by atoms with van der Waals surface area (Å²) in [4.78, 5) is 23.6. The fourth-order valence-electron chi connectivity index (χ4n) is 1.78. The number of hydrogen-bond acceptors (Lipinski definition) is 7.